The molecule has 0 radical (unpaired) electrons. The molecule has 0 aromatic rings. The second-order valence-corrected chi connectivity index (χ2v) is 14.4. The summed E-state index contributed by atoms with van der Waals surface area (Å²) < 4.78 is 11.6. The fourth-order valence-electron chi connectivity index (χ4n) is 1.49. The van der Waals surface area contributed by atoms with E-state index in [-0.39, 0.29) is 0 Å². The van der Waals surface area contributed by atoms with E-state index in [1.54, 1.807) is 0 Å². The monoisotopic (exact) mass is 248 g/mol. The van der Waals surface area contributed by atoms with E-state index in [9.17, 15) is 0 Å². The van der Waals surface area contributed by atoms with Crippen molar-refractivity contribution in [2.45, 2.75) is 58.5 Å². The second-order valence-electron chi connectivity index (χ2n) is 5.61. The molecule has 15 heavy (non-hydrogen) atoms. The Morgan fingerprint density at radius 3 is 1.93 bits per heavy atom. The van der Waals surface area contributed by atoms with E-state index in [0.29, 0.717) is 0 Å². The Balaban J connectivity index is 3.46. The summed E-state index contributed by atoms with van der Waals surface area (Å²) in [6.07, 6.45) is 2.44. The molecule has 0 amide bonds. The van der Waals surface area contributed by atoms with Crippen LogP contribution in [-0.2, 0) is 8.85 Å². The molecule has 92 valence electrons. The minimum absolute atomic E-state index is 0.866. The quantitative estimate of drug-likeness (QED) is 0.480. The summed E-state index contributed by atoms with van der Waals surface area (Å²) in [5.41, 5.74) is 0. The second kappa shape index (κ2) is 6.83. The van der Waals surface area contributed by atoms with Gasteiger partial charge in [-0.1, -0.05) is 6.42 Å². The first-order valence-electron chi connectivity index (χ1n) is 6.05. The normalized spacial score (nSPS) is 13.2. The van der Waals surface area contributed by atoms with E-state index in [1.807, 2.05) is 0 Å². The van der Waals surface area contributed by atoms with Gasteiger partial charge in [0.15, 0.2) is 16.6 Å². The molecule has 0 spiro atoms. The molecule has 4 heteroatoms. The van der Waals surface area contributed by atoms with Gasteiger partial charge < -0.3 is 8.85 Å². The van der Waals surface area contributed by atoms with Gasteiger partial charge in [0.25, 0.3) is 0 Å². The van der Waals surface area contributed by atoms with Crippen LogP contribution in [0.2, 0.25) is 38.8 Å². The average molecular weight is 249 g/mol. The number of unbranched alkanes of at least 4 members (excludes halogenated alkanes) is 1. The lowest BCUT2D eigenvalue weighted by molar-refractivity contribution is 0.298. The fourth-order valence-corrected chi connectivity index (χ4v) is 4.28. The number of rotatable bonds is 8. The van der Waals surface area contributed by atoms with Crippen molar-refractivity contribution in [1.29, 1.82) is 0 Å². The van der Waals surface area contributed by atoms with Crippen LogP contribution >= 0.6 is 0 Å². The van der Waals surface area contributed by atoms with Crippen LogP contribution in [0.3, 0.4) is 0 Å². The van der Waals surface area contributed by atoms with Gasteiger partial charge in [-0.25, -0.2) is 0 Å². The summed E-state index contributed by atoms with van der Waals surface area (Å²) in [4.78, 5) is 0. The first-order valence-corrected chi connectivity index (χ1v) is 12.6. The fraction of sp³-hybridized carbons (Fsp3) is 1.00. The van der Waals surface area contributed by atoms with Crippen molar-refractivity contribution in [3.8, 4) is 0 Å². The zero-order valence-electron chi connectivity index (χ0n) is 11.4. The molecule has 0 fully saturated rings. The van der Waals surface area contributed by atoms with Gasteiger partial charge in [-0.15, -0.1) is 0 Å². The zero-order chi connectivity index (χ0) is 11.9. The highest BCUT2D eigenvalue weighted by Crippen LogP contribution is 2.15. The summed E-state index contributed by atoms with van der Waals surface area (Å²) in [6, 6.07) is 1.26. The molecule has 0 aromatic heterocycles. The Morgan fingerprint density at radius 2 is 1.47 bits per heavy atom. The predicted octanol–water partition coefficient (Wildman–Crippen LogP) is 3.86. The first kappa shape index (κ1) is 15.4. The van der Waals surface area contributed by atoms with Crippen molar-refractivity contribution in [3.05, 3.63) is 0 Å². The molecule has 0 rings (SSSR count). The van der Waals surface area contributed by atoms with Gasteiger partial charge in [-0.05, 0) is 52.1 Å². The van der Waals surface area contributed by atoms with E-state index in [4.69, 9.17) is 8.85 Å². The lowest BCUT2D eigenvalue weighted by Gasteiger charge is -2.22. The van der Waals surface area contributed by atoms with Crippen LogP contribution in [0.25, 0.3) is 0 Å². The number of hydrogen-bond donors (Lipinski definition) is 0. The first-order chi connectivity index (χ1) is 6.77. The van der Waals surface area contributed by atoms with Gasteiger partial charge in [0, 0.05) is 13.2 Å². The van der Waals surface area contributed by atoms with Crippen LogP contribution in [0.15, 0.2) is 0 Å². The van der Waals surface area contributed by atoms with E-state index >= 15 is 0 Å². The Bertz CT molecular complexity index is 164. The van der Waals surface area contributed by atoms with Crippen molar-refractivity contribution in [2.75, 3.05) is 13.2 Å². The molecule has 0 heterocycles. The maximum Gasteiger partial charge on any atom is 0.186 e. The molecule has 0 bridgehead atoms. The van der Waals surface area contributed by atoms with Crippen LogP contribution < -0.4 is 0 Å². The molecule has 0 aliphatic heterocycles. The molecule has 0 saturated carbocycles. The van der Waals surface area contributed by atoms with E-state index in [0.717, 1.165) is 13.2 Å². The highest BCUT2D eigenvalue weighted by molar-refractivity contribution is 6.71. The molecule has 0 unspecified atom stereocenters. The predicted molar refractivity (Wildman–Crippen MR) is 72.4 cm³/mol. The van der Waals surface area contributed by atoms with Crippen LogP contribution in [0.4, 0.5) is 0 Å². The smallest absolute Gasteiger partial charge is 0.186 e. The Morgan fingerprint density at radius 1 is 0.867 bits per heavy atom. The van der Waals surface area contributed by atoms with Crippen LogP contribution in [0, 0.1) is 0 Å². The molecule has 0 N–H and O–H groups in total. The van der Waals surface area contributed by atoms with Gasteiger partial charge in [-0.2, -0.15) is 0 Å². The summed E-state index contributed by atoms with van der Waals surface area (Å²) in [5.74, 6) is 0. The average Bonchev–Trinajstić information content (AvgIpc) is 2.00. The highest BCUT2D eigenvalue weighted by Gasteiger charge is 2.21. The molecule has 2 nitrogen and oxygen atoms in total. The molecule has 0 atom stereocenters. The van der Waals surface area contributed by atoms with Gasteiger partial charge in [0.05, 0.1) is 0 Å². The SMILES string of the molecule is CCO[Si](C)(C)CCCCO[Si](C)(C)C. The van der Waals surface area contributed by atoms with Gasteiger partial charge >= 0.3 is 0 Å². The summed E-state index contributed by atoms with van der Waals surface area (Å²) in [6.45, 7) is 15.2. The van der Waals surface area contributed by atoms with Crippen molar-refractivity contribution < 1.29 is 8.85 Å². The third-order valence-corrected chi connectivity index (χ3v) is 5.94. The summed E-state index contributed by atoms with van der Waals surface area (Å²) in [7, 11) is -2.63. The minimum Gasteiger partial charge on any atom is -0.418 e. The molecule has 0 aliphatic carbocycles. The third kappa shape index (κ3) is 10.6. The zero-order valence-corrected chi connectivity index (χ0v) is 13.4. The molecule has 0 saturated heterocycles. The molecule has 0 aromatic carbocycles. The Labute approximate surface area is 97.6 Å². The lowest BCUT2D eigenvalue weighted by atomic mass is 10.4. The lowest BCUT2D eigenvalue weighted by Crippen LogP contribution is -2.30. The highest BCUT2D eigenvalue weighted by atomic mass is 28.4. The summed E-state index contributed by atoms with van der Waals surface area (Å²) in [5, 5.41) is 0. The van der Waals surface area contributed by atoms with Crippen LogP contribution in [0.5, 0.6) is 0 Å². The third-order valence-electron chi connectivity index (χ3n) is 2.24. The van der Waals surface area contributed by atoms with Crippen molar-refractivity contribution >= 4 is 16.6 Å². The largest absolute Gasteiger partial charge is 0.418 e. The maximum absolute atomic E-state index is 5.82. The Hall–Kier alpha value is 0.354. The molecular formula is C11H28O2Si2. The molecule has 0 aliphatic rings. The maximum atomic E-state index is 5.82. The minimum atomic E-state index is -1.34. The van der Waals surface area contributed by atoms with Crippen molar-refractivity contribution in [2.24, 2.45) is 0 Å². The van der Waals surface area contributed by atoms with Gasteiger partial charge in [0.1, 0.15) is 0 Å². The van der Waals surface area contributed by atoms with E-state index in [2.05, 4.69) is 39.7 Å². The van der Waals surface area contributed by atoms with Gasteiger partial charge in [0.2, 0.25) is 0 Å². The molecular weight excluding hydrogens is 220 g/mol. The number of hydrogen-bond acceptors (Lipinski definition) is 2. The standard InChI is InChI=1S/C11H28O2Si2/c1-7-12-15(5,6)11-9-8-10-13-14(2,3)4/h7-11H2,1-6H3. The van der Waals surface area contributed by atoms with Gasteiger partial charge in [-0.3, -0.25) is 0 Å². The Kier molecular flexibility index (Phi) is 6.99. The summed E-state index contributed by atoms with van der Waals surface area (Å²) >= 11 is 0. The van der Waals surface area contributed by atoms with Crippen LogP contribution in [0.1, 0.15) is 19.8 Å². The van der Waals surface area contributed by atoms with Crippen molar-refractivity contribution in [1.82, 2.24) is 0 Å². The van der Waals surface area contributed by atoms with Crippen molar-refractivity contribution in [3.63, 3.8) is 0 Å². The topological polar surface area (TPSA) is 18.5 Å². The van der Waals surface area contributed by atoms with E-state index in [1.165, 1.54) is 18.9 Å². The van der Waals surface area contributed by atoms with E-state index < -0.39 is 16.6 Å². The van der Waals surface area contributed by atoms with Crippen LogP contribution in [-0.4, -0.2) is 29.8 Å².